The first kappa shape index (κ1) is 15.7. The van der Waals surface area contributed by atoms with E-state index < -0.39 is 9.71 Å². The van der Waals surface area contributed by atoms with Gasteiger partial charge in [0.1, 0.15) is 0 Å². The number of nitrogens with zero attached hydrogens (tertiary/aromatic N) is 3. The first-order valence-electron chi connectivity index (χ1n) is 6.87. The third-order valence-electron chi connectivity index (χ3n) is 3.59. The molecule has 120 valence electrons. The van der Waals surface area contributed by atoms with Crippen molar-refractivity contribution < 1.29 is 13.8 Å². The van der Waals surface area contributed by atoms with Gasteiger partial charge in [-0.3, -0.25) is 19.5 Å². The average Bonchev–Trinajstić information content (AvgIpc) is 2.81. The predicted octanol–water partition coefficient (Wildman–Crippen LogP) is 0.939. The minimum atomic E-state index is -2.94. The second-order valence-corrected chi connectivity index (χ2v) is 7.14. The Morgan fingerprint density at radius 3 is 2.29 bits per heavy atom. The van der Waals surface area contributed by atoms with Crippen molar-refractivity contribution in [3.63, 3.8) is 0 Å². The van der Waals surface area contributed by atoms with Gasteiger partial charge in [-0.25, -0.2) is 8.93 Å². The maximum atomic E-state index is 12.3. The van der Waals surface area contributed by atoms with Crippen molar-refractivity contribution in [2.45, 2.75) is 11.4 Å². The number of nitrogens with one attached hydrogen (secondary N) is 1. The summed E-state index contributed by atoms with van der Waals surface area (Å²) in [5, 5.41) is 8.57. The van der Waals surface area contributed by atoms with Crippen molar-refractivity contribution in [2.24, 2.45) is 0 Å². The van der Waals surface area contributed by atoms with Gasteiger partial charge in [0, 0.05) is 6.20 Å². The van der Waals surface area contributed by atoms with Gasteiger partial charge in [0.15, 0.2) is 6.19 Å². The molecule has 1 aromatic carbocycles. The quantitative estimate of drug-likeness (QED) is 0.386. The van der Waals surface area contributed by atoms with Crippen molar-refractivity contribution in [2.75, 3.05) is 0 Å². The van der Waals surface area contributed by atoms with Gasteiger partial charge in [-0.15, -0.1) is 0 Å². The summed E-state index contributed by atoms with van der Waals surface area (Å²) in [6, 6.07) is 9.67. The van der Waals surface area contributed by atoms with Gasteiger partial charge in [-0.2, -0.15) is 5.26 Å². The average molecular weight is 340 g/mol. The first-order valence-corrected chi connectivity index (χ1v) is 8.60. The molecule has 1 aliphatic heterocycles. The van der Waals surface area contributed by atoms with Gasteiger partial charge in [0.2, 0.25) is 0 Å². The van der Waals surface area contributed by atoms with Gasteiger partial charge in [0.25, 0.3) is 11.8 Å². The summed E-state index contributed by atoms with van der Waals surface area (Å²) < 4.78 is 14.2. The molecule has 0 spiro atoms. The SMILES string of the molecule is C=S(=O)(NC#N)c1ccc(CN2C(=O)c3ccccc3C2=O)nc1. The van der Waals surface area contributed by atoms with E-state index in [9.17, 15) is 13.8 Å². The van der Waals surface area contributed by atoms with E-state index in [1.165, 1.54) is 12.3 Å². The van der Waals surface area contributed by atoms with Gasteiger partial charge >= 0.3 is 0 Å². The normalized spacial score (nSPS) is 15.5. The molecule has 1 unspecified atom stereocenters. The van der Waals surface area contributed by atoms with Crippen molar-refractivity contribution in [3.8, 4) is 6.19 Å². The monoisotopic (exact) mass is 340 g/mol. The summed E-state index contributed by atoms with van der Waals surface area (Å²) >= 11 is 0. The molecule has 0 radical (unpaired) electrons. The number of aromatic nitrogens is 1. The fraction of sp³-hybridized carbons (Fsp3) is 0.0625. The molecule has 0 bridgehead atoms. The molecule has 0 saturated heterocycles. The van der Waals surface area contributed by atoms with Crippen LogP contribution in [0.1, 0.15) is 26.4 Å². The Labute approximate surface area is 138 Å². The highest BCUT2D eigenvalue weighted by molar-refractivity contribution is 7.98. The van der Waals surface area contributed by atoms with Crippen LogP contribution in [0.25, 0.3) is 0 Å². The van der Waals surface area contributed by atoms with E-state index in [0.29, 0.717) is 16.8 Å². The van der Waals surface area contributed by atoms with E-state index in [1.807, 2.05) is 0 Å². The van der Waals surface area contributed by atoms with Crippen LogP contribution in [-0.2, 0) is 16.3 Å². The predicted molar refractivity (Wildman–Crippen MR) is 87.2 cm³/mol. The van der Waals surface area contributed by atoms with Gasteiger partial charge in [-0.1, -0.05) is 12.1 Å². The highest BCUT2D eigenvalue weighted by Crippen LogP contribution is 2.23. The Morgan fingerprint density at radius 2 is 1.79 bits per heavy atom. The van der Waals surface area contributed by atoms with Gasteiger partial charge < -0.3 is 0 Å². The maximum absolute atomic E-state index is 12.3. The number of nitriles is 1. The van der Waals surface area contributed by atoms with Crippen LogP contribution in [0.15, 0.2) is 47.5 Å². The molecular weight excluding hydrogens is 328 g/mol. The molecule has 0 aliphatic carbocycles. The molecule has 0 fully saturated rings. The van der Waals surface area contributed by atoms with E-state index in [-0.39, 0.29) is 23.3 Å². The lowest BCUT2D eigenvalue weighted by molar-refractivity contribution is 0.0640. The number of carbonyl (C=O) groups is 2. The zero-order valence-electron chi connectivity index (χ0n) is 12.4. The largest absolute Gasteiger partial charge is 0.269 e. The number of hydrogen-bond acceptors (Lipinski definition) is 5. The summed E-state index contributed by atoms with van der Waals surface area (Å²) in [5.41, 5.74) is 1.21. The van der Waals surface area contributed by atoms with Crippen LogP contribution in [0.2, 0.25) is 0 Å². The lowest BCUT2D eigenvalue weighted by Crippen LogP contribution is -2.29. The molecule has 8 heteroatoms. The Kier molecular flexibility index (Phi) is 3.79. The van der Waals surface area contributed by atoms with Crippen LogP contribution in [0.3, 0.4) is 0 Å². The molecule has 2 aromatic rings. The Hall–Kier alpha value is -3.18. The zero-order valence-corrected chi connectivity index (χ0v) is 13.2. The topological polar surface area (TPSA) is 103 Å². The number of amides is 2. The minimum absolute atomic E-state index is 0.0106. The van der Waals surface area contributed by atoms with Crippen molar-refractivity contribution in [1.82, 2.24) is 14.6 Å². The molecule has 3 rings (SSSR count). The number of benzene rings is 1. The highest BCUT2D eigenvalue weighted by Gasteiger charge is 2.35. The van der Waals surface area contributed by atoms with Crippen LogP contribution in [0, 0.1) is 11.5 Å². The number of fused-ring (bicyclic) bond motifs is 1. The lowest BCUT2D eigenvalue weighted by atomic mass is 10.1. The van der Waals surface area contributed by atoms with Gasteiger partial charge in [0.05, 0.1) is 38.0 Å². The van der Waals surface area contributed by atoms with E-state index in [0.717, 1.165) is 4.90 Å². The number of imide groups is 1. The standard InChI is InChI=1S/C16H12N4O3S/c1-24(23,19-10-17)12-7-6-11(18-8-12)9-20-15(21)13-4-2-3-5-14(13)16(20)22/h2-8H,1,9H2,(H,19,23). The lowest BCUT2D eigenvalue weighted by Gasteiger charge is -2.13. The van der Waals surface area contributed by atoms with Crippen LogP contribution >= 0.6 is 0 Å². The molecule has 7 nitrogen and oxygen atoms in total. The molecule has 1 N–H and O–H groups in total. The molecule has 2 heterocycles. The molecule has 24 heavy (non-hydrogen) atoms. The van der Waals surface area contributed by atoms with Crippen molar-refractivity contribution in [3.05, 3.63) is 59.4 Å². The number of rotatable bonds is 4. The van der Waals surface area contributed by atoms with Crippen molar-refractivity contribution >= 4 is 27.4 Å². The van der Waals surface area contributed by atoms with Crippen LogP contribution in [0.5, 0.6) is 0 Å². The molecule has 1 aromatic heterocycles. The fourth-order valence-electron chi connectivity index (χ4n) is 2.38. The third-order valence-corrected chi connectivity index (χ3v) is 5.01. The molecule has 1 aliphatic rings. The first-order chi connectivity index (χ1) is 11.4. The summed E-state index contributed by atoms with van der Waals surface area (Å²) in [6.07, 6.45) is 2.90. The van der Waals surface area contributed by atoms with Crippen LogP contribution in [0.4, 0.5) is 0 Å². The Bertz CT molecular complexity index is 940. The van der Waals surface area contributed by atoms with E-state index in [2.05, 4.69) is 15.6 Å². The number of carbonyl (C=O) groups excluding carboxylic acids is 2. The van der Waals surface area contributed by atoms with Crippen molar-refractivity contribution in [1.29, 1.82) is 5.26 Å². The Morgan fingerprint density at radius 1 is 1.17 bits per heavy atom. The number of hydrogen-bond donors (Lipinski definition) is 1. The zero-order chi connectivity index (χ0) is 17.3. The molecular formula is C16H12N4O3S. The third kappa shape index (κ3) is 2.61. The Balaban J connectivity index is 1.82. The van der Waals surface area contributed by atoms with E-state index >= 15 is 0 Å². The molecule has 0 saturated carbocycles. The van der Waals surface area contributed by atoms with Crippen LogP contribution in [-0.4, -0.2) is 31.8 Å². The summed E-state index contributed by atoms with van der Waals surface area (Å²) in [4.78, 5) is 30.1. The summed E-state index contributed by atoms with van der Waals surface area (Å²) in [6.45, 7) is 0.0106. The van der Waals surface area contributed by atoms with Crippen LogP contribution < -0.4 is 4.72 Å². The second kappa shape index (κ2) is 5.79. The fourth-order valence-corrected chi connectivity index (χ4v) is 3.15. The van der Waals surface area contributed by atoms with Gasteiger partial charge in [-0.05, 0) is 30.1 Å². The molecule has 2 amide bonds. The highest BCUT2D eigenvalue weighted by atomic mass is 32.2. The maximum Gasteiger partial charge on any atom is 0.261 e. The summed E-state index contributed by atoms with van der Waals surface area (Å²) in [5.74, 6) is 2.72. The number of pyridine rings is 1. The summed E-state index contributed by atoms with van der Waals surface area (Å²) in [7, 11) is -2.94. The molecule has 1 atom stereocenters. The second-order valence-electron chi connectivity index (χ2n) is 5.12. The minimum Gasteiger partial charge on any atom is -0.269 e. The van der Waals surface area contributed by atoms with E-state index in [1.54, 1.807) is 36.5 Å². The smallest absolute Gasteiger partial charge is 0.261 e. The van der Waals surface area contributed by atoms with E-state index in [4.69, 9.17) is 5.26 Å².